The number of carbonyl (C=O) groups excluding carboxylic acids is 1. The highest BCUT2D eigenvalue weighted by molar-refractivity contribution is 6.07. The van der Waals surface area contributed by atoms with Crippen molar-refractivity contribution in [3.63, 3.8) is 0 Å². The van der Waals surface area contributed by atoms with E-state index in [0.717, 1.165) is 22.9 Å². The fourth-order valence-electron chi connectivity index (χ4n) is 1.70. The number of hydrogen-bond acceptors (Lipinski definition) is 2. The average molecular weight is 202 g/mol. The molecule has 0 radical (unpaired) electrons. The minimum atomic E-state index is 0.165. The second-order valence-electron chi connectivity index (χ2n) is 3.56. The van der Waals surface area contributed by atoms with Crippen LogP contribution in [-0.2, 0) is 0 Å². The van der Waals surface area contributed by atoms with Gasteiger partial charge in [0.25, 0.3) is 0 Å². The molecule has 0 aliphatic rings. The predicted molar refractivity (Wildman–Crippen MR) is 60.9 cm³/mol. The first-order valence-corrected chi connectivity index (χ1v) is 5.12. The third kappa shape index (κ3) is 1.92. The summed E-state index contributed by atoms with van der Waals surface area (Å²) in [6.07, 6.45) is 3.06. The van der Waals surface area contributed by atoms with Gasteiger partial charge >= 0.3 is 0 Å². The lowest BCUT2D eigenvalue weighted by Crippen LogP contribution is -2.04. The molecule has 0 fully saturated rings. The highest BCUT2D eigenvalue weighted by Crippen LogP contribution is 2.19. The van der Waals surface area contributed by atoms with E-state index in [1.54, 1.807) is 6.20 Å². The summed E-state index contributed by atoms with van der Waals surface area (Å²) in [7, 11) is 0. The number of carbonyl (C=O) groups is 1. The number of ketones is 1. The molecule has 78 valence electrons. The van der Waals surface area contributed by atoms with Gasteiger partial charge in [0.1, 0.15) is 0 Å². The van der Waals surface area contributed by atoms with E-state index in [0.29, 0.717) is 13.0 Å². The zero-order chi connectivity index (χ0) is 10.7. The summed E-state index contributed by atoms with van der Waals surface area (Å²) in [6.45, 7) is 0.564. The Morgan fingerprint density at radius 1 is 1.33 bits per heavy atom. The highest BCUT2D eigenvalue weighted by atomic mass is 16.1. The molecule has 0 saturated carbocycles. The molecule has 0 aliphatic carbocycles. The van der Waals surface area contributed by atoms with Crippen LogP contribution in [0.5, 0.6) is 0 Å². The molecule has 1 aromatic carbocycles. The number of nitrogens with one attached hydrogen (secondary N) is 1. The van der Waals surface area contributed by atoms with Crippen molar-refractivity contribution in [3.05, 3.63) is 36.0 Å². The van der Waals surface area contributed by atoms with Crippen molar-refractivity contribution < 1.29 is 4.79 Å². The molecule has 0 atom stereocenters. The molecular weight excluding hydrogens is 188 g/mol. The molecule has 3 nitrogen and oxygen atoms in total. The summed E-state index contributed by atoms with van der Waals surface area (Å²) in [5.41, 5.74) is 7.17. The minimum Gasteiger partial charge on any atom is -0.360 e. The quantitative estimate of drug-likeness (QED) is 0.746. The number of hydrogen-bond donors (Lipinski definition) is 2. The number of Topliss-reactive ketones (excluding diaryl/α,β-unsaturated/α-hetero) is 1. The van der Waals surface area contributed by atoms with E-state index >= 15 is 0 Å². The lowest BCUT2D eigenvalue weighted by molar-refractivity contribution is 0.0982. The third-order valence-corrected chi connectivity index (χ3v) is 2.50. The van der Waals surface area contributed by atoms with Gasteiger partial charge < -0.3 is 10.7 Å². The van der Waals surface area contributed by atoms with Gasteiger partial charge in [0.2, 0.25) is 0 Å². The zero-order valence-electron chi connectivity index (χ0n) is 8.49. The maximum atomic E-state index is 11.8. The Hall–Kier alpha value is -1.61. The van der Waals surface area contributed by atoms with Crippen LogP contribution in [0.2, 0.25) is 0 Å². The number of aromatic amines is 1. The summed E-state index contributed by atoms with van der Waals surface area (Å²) in [5, 5.41) is 1.000. The standard InChI is InChI=1S/C12H14N2O/c13-7-3-6-12(15)10-8-14-11-5-2-1-4-9(10)11/h1-2,4-5,8,14H,3,6-7,13H2. The molecule has 0 spiro atoms. The SMILES string of the molecule is NCCCC(=O)c1c[nH]c2ccccc12. The van der Waals surface area contributed by atoms with Crippen molar-refractivity contribution in [2.45, 2.75) is 12.8 Å². The number of rotatable bonds is 4. The lowest BCUT2D eigenvalue weighted by Gasteiger charge is -1.97. The van der Waals surface area contributed by atoms with E-state index in [1.165, 1.54) is 0 Å². The van der Waals surface area contributed by atoms with E-state index in [1.807, 2.05) is 24.3 Å². The van der Waals surface area contributed by atoms with Gasteiger partial charge in [-0.25, -0.2) is 0 Å². The Kier molecular flexibility index (Phi) is 2.83. The van der Waals surface area contributed by atoms with Crippen LogP contribution in [0, 0.1) is 0 Å². The van der Waals surface area contributed by atoms with Crippen molar-refractivity contribution in [2.24, 2.45) is 5.73 Å². The maximum Gasteiger partial charge on any atom is 0.165 e. The van der Waals surface area contributed by atoms with Crippen molar-refractivity contribution in [2.75, 3.05) is 6.54 Å². The normalized spacial score (nSPS) is 10.7. The lowest BCUT2D eigenvalue weighted by atomic mass is 10.1. The molecule has 0 bridgehead atoms. The van der Waals surface area contributed by atoms with Crippen molar-refractivity contribution >= 4 is 16.7 Å². The van der Waals surface area contributed by atoms with Crippen molar-refractivity contribution in [3.8, 4) is 0 Å². The Morgan fingerprint density at radius 2 is 2.13 bits per heavy atom. The summed E-state index contributed by atoms with van der Waals surface area (Å²) in [5.74, 6) is 0.165. The largest absolute Gasteiger partial charge is 0.360 e. The number of aromatic nitrogens is 1. The molecule has 15 heavy (non-hydrogen) atoms. The number of benzene rings is 1. The highest BCUT2D eigenvalue weighted by Gasteiger charge is 2.10. The second-order valence-corrected chi connectivity index (χ2v) is 3.56. The van der Waals surface area contributed by atoms with Crippen LogP contribution in [0.3, 0.4) is 0 Å². The van der Waals surface area contributed by atoms with Crippen LogP contribution >= 0.6 is 0 Å². The monoisotopic (exact) mass is 202 g/mol. The molecule has 3 N–H and O–H groups in total. The number of para-hydroxylation sites is 1. The molecule has 3 heteroatoms. The van der Waals surface area contributed by atoms with E-state index < -0.39 is 0 Å². The topological polar surface area (TPSA) is 58.9 Å². The predicted octanol–water partition coefficient (Wildman–Crippen LogP) is 2.09. The van der Waals surface area contributed by atoms with Crippen molar-refractivity contribution in [1.29, 1.82) is 0 Å². The molecule has 1 heterocycles. The summed E-state index contributed by atoms with van der Waals surface area (Å²) < 4.78 is 0. The Morgan fingerprint density at radius 3 is 2.93 bits per heavy atom. The van der Waals surface area contributed by atoms with Crippen LogP contribution in [-0.4, -0.2) is 17.3 Å². The smallest absolute Gasteiger partial charge is 0.165 e. The molecule has 2 rings (SSSR count). The first-order chi connectivity index (χ1) is 7.33. The second kappa shape index (κ2) is 4.28. The maximum absolute atomic E-state index is 11.8. The van der Waals surface area contributed by atoms with Crippen molar-refractivity contribution in [1.82, 2.24) is 4.98 Å². The third-order valence-electron chi connectivity index (χ3n) is 2.50. The van der Waals surface area contributed by atoms with E-state index in [2.05, 4.69) is 4.98 Å². The number of fused-ring (bicyclic) bond motifs is 1. The van der Waals surface area contributed by atoms with Gasteiger partial charge in [0, 0.05) is 29.1 Å². The van der Waals surface area contributed by atoms with E-state index in [9.17, 15) is 4.79 Å². The van der Waals surface area contributed by atoms with E-state index in [4.69, 9.17) is 5.73 Å². The molecule has 0 aliphatic heterocycles. The van der Waals surface area contributed by atoms with Gasteiger partial charge in [-0.2, -0.15) is 0 Å². The molecule has 0 saturated heterocycles. The van der Waals surface area contributed by atoms with Crippen LogP contribution in [0.4, 0.5) is 0 Å². The minimum absolute atomic E-state index is 0.165. The van der Waals surface area contributed by atoms with Crippen LogP contribution in [0.15, 0.2) is 30.5 Å². The van der Waals surface area contributed by atoms with Gasteiger partial charge in [-0.1, -0.05) is 18.2 Å². The summed E-state index contributed by atoms with van der Waals surface area (Å²) in [4.78, 5) is 14.9. The van der Waals surface area contributed by atoms with Crippen LogP contribution < -0.4 is 5.73 Å². The van der Waals surface area contributed by atoms with Crippen LogP contribution in [0.1, 0.15) is 23.2 Å². The molecule has 2 aromatic rings. The van der Waals surface area contributed by atoms with Gasteiger partial charge in [0.15, 0.2) is 5.78 Å². The zero-order valence-corrected chi connectivity index (χ0v) is 8.49. The Bertz CT molecular complexity index is 473. The van der Waals surface area contributed by atoms with Gasteiger partial charge in [-0.3, -0.25) is 4.79 Å². The molecule has 1 aromatic heterocycles. The van der Waals surface area contributed by atoms with Crippen LogP contribution in [0.25, 0.3) is 10.9 Å². The fourth-order valence-corrected chi connectivity index (χ4v) is 1.70. The van der Waals surface area contributed by atoms with E-state index in [-0.39, 0.29) is 5.78 Å². The van der Waals surface area contributed by atoms with Gasteiger partial charge in [0.05, 0.1) is 0 Å². The average Bonchev–Trinajstić information content (AvgIpc) is 2.69. The summed E-state index contributed by atoms with van der Waals surface area (Å²) >= 11 is 0. The molecule has 0 amide bonds. The number of H-pyrrole nitrogens is 1. The Labute approximate surface area is 88.3 Å². The van der Waals surface area contributed by atoms with Gasteiger partial charge in [-0.05, 0) is 19.0 Å². The summed E-state index contributed by atoms with van der Waals surface area (Å²) in [6, 6.07) is 7.82. The van der Waals surface area contributed by atoms with Gasteiger partial charge in [-0.15, -0.1) is 0 Å². The number of nitrogens with two attached hydrogens (primary N) is 1. The first-order valence-electron chi connectivity index (χ1n) is 5.12. The molecule has 0 unspecified atom stereocenters. The Balaban J connectivity index is 2.31. The first kappa shape index (κ1) is 9.93. The molecular formula is C12H14N2O. The fraction of sp³-hybridized carbons (Fsp3) is 0.250.